The number of carbonyl (C=O) groups excluding carboxylic acids is 1. The molecule has 4 nitrogen and oxygen atoms in total. The van der Waals surface area contributed by atoms with Gasteiger partial charge in [0.2, 0.25) is 0 Å². The fraction of sp³-hybridized carbons (Fsp3) is 0.533. The molecule has 1 fully saturated rings. The molecule has 4 heteroatoms. The molecule has 1 saturated heterocycles. The van der Waals surface area contributed by atoms with Crippen LogP contribution >= 0.6 is 0 Å². The standard InChI is InChI=1S/C15H22N2O2/c1-11-3-4-14(19-2)13(9-11)15(18)17-10-12-5-7-16-8-6-12/h3-4,9,12,16H,5-8,10H2,1-2H3,(H,17,18). The number of nitrogens with one attached hydrogen (secondary N) is 2. The Balaban J connectivity index is 1.97. The normalized spacial score (nSPS) is 16.1. The Morgan fingerprint density at radius 3 is 2.84 bits per heavy atom. The molecule has 2 N–H and O–H groups in total. The summed E-state index contributed by atoms with van der Waals surface area (Å²) in [6.07, 6.45) is 2.26. The summed E-state index contributed by atoms with van der Waals surface area (Å²) in [5.74, 6) is 1.17. The molecular weight excluding hydrogens is 240 g/mol. The van der Waals surface area contributed by atoms with E-state index in [1.807, 2.05) is 25.1 Å². The molecule has 1 heterocycles. The molecular formula is C15H22N2O2. The van der Waals surface area contributed by atoms with E-state index < -0.39 is 0 Å². The fourth-order valence-electron chi connectivity index (χ4n) is 2.42. The predicted octanol–water partition coefficient (Wildman–Crippen LogP) is 1.73. The van der Waals surface area contributed by atoms with Crippen LogP contribution in [-0.2, 0) is 0 Å². The lowest BCUT2D eigenvalue weighted by Crippen LogP contribution is -2.36. The SMILES string of the molecule is COc1ccc(C)cc1C(=O)NCC1CCNCC1. The van der Waals surface area contributed by atoms with Crippen LogP contribution in [0.3, 0.4) is 0 Å². The van der Waals surface area contributed by atoms with Gasteiger partial charge in [0, 0.05) is 6.54 Å². The van der Waals surface area contributed by atoms with Crippen molar-refractivity contribution < 1.29 is 9.53 Å². The van der Waals surface area contributed by atoms with Crippen molar-refractivity contribution in [2.24, 2.45) is 5.92 Å². The molecule has 19 heavy (non-hydrogen) atoms. The lowest BCUT2D eigenvalue weighted by atomic mass is 9.98. The van der Waals surface area contributed by atoms with E-state index in [-0.39, 0.29) is 5.91 Å². The number of hydrogen-bond acceptors (Lipinski definition) is 3. The van der Waals surface area contributed by atoms with E-state index in [0.29, 0.717) is 17.2 Å². The Bertz CT molecular complexity index is 440. The fourth-order valence-corrected chi connectivity index (χ4v) is 2.42. The molecule has 1 aliphatic rings. The van der Waals surface area contributed by atoms with Gasteiger partial charge in [0.05, 0.1) is 12.7 Å². The first-order valence-corrected chi connectivity index (χ1v) is 6.84. The van der Waals surface area contributed by atoms with E-state index in [9.17, 15) is 4.79 Å². The van der Waals surface area contributed by atoms with Crippen molar-refractivity contribution in [3.63, 3.8) is 0 Å². The smallest absolute Gasteiger partial charge is 0.255 e. The number of ether oxygens (including phenoxy) is 1. The van der Waals surface area contributed by atoms with Crippen LogP contribution in [0.5, 0.6) is 5.75 Å². The highest BCUT2D eigenvalue weighted by Crippen LogP contribution is 2.19. The summed E-state index contributed by atoms with van der Waals surface area (Å²) in [6, 6.07) is 5.66. The summed E-state index contributed by atoms with van der Waals surface area (Å²) >= 11 is 0. The minimum Gasteiger partial charge on any atom is -0.496 e. The van der Waals surface area contributed by atoms with Gasteiger partial charge in [-0.3, -0.25) is 4.79 Å². The Hall–Kier alpha value is -1.55. The second-order valence-electron chi connectivity index (χ2n) is 5.11. The van der Waals surface area contributed by atoms with Crippen LogP contribution in [0.25, 0.3) is 0 Å². The molecule has 0 spiro atoms. The molecule has 2 rings (SSSR count). The third-order valence-electron chi connectivity index (χ3n) is 3.61. The molecule has 1 aromatic rings. The first-order chi connectivity index (χ1) is 9.20. The average molecular weight is 262 g/mol. The van der Waals surface area contributed by atoms with Crippen LogP contribution in [0.15, 0.2) is 18.2 Å². The van der Waals surface area contributed by atoms with Crippen molar-refractivity contribution in [1.82, 2.24) is 10.6 Å². The summed E-state index contributed by atoms with van der Waals surface area (Å²) < 4.78 is 5.24. The van der Waals surface area contributed by atoms with Gasteiger partial charge in [0.15, 0.2) is 0 Å². The molecule has 0 saturated carbocycles. The van der Waals surface area contributed by atoms with Crippen molar-refractivity contribution in [2.45, 2.75) is 19.8 Å². The zero-order chi connectivity index (χ0) is 13.7. The van der Waals surface area contributed by atoms with Crippen molar-refractivity contribution in [2.75, 3.05) is 26.7 Å². The molecule has 1 aromatic carbocycles. The number of carbonyl (C=O) groups is 1. The molecule has 0 unspecified atom stereocenters. The van der Waals surface area contributed by atoms with Crippen LogP contribution in [0, 0.1) is 12.8 Å². The second-order valence-corrected chi connectivity index (χ2v) is 5.11. The molecule has 0 bridgehead atoms. The lowest BCUT2D eigenvalue weighted by molar-refractivity contribution is 0.0941. The van der Waals surface area contributed by atoms with Crippen LogP contribution in [0.4, 0.5) is 0 Å². The number of hydrogen-bond donors (Lipinski definition) is 2. The maximum Gasteiger partial charge on any atom is 0.255 e. The van der Waals surface area contributed by atoms with Gasteiger partial charge < -0.3 is 15.4 Å². The predicted molar refractivity (Wildman–Crippen MR) is 75.7 cm³/mol. The van der Waals surface area contributed by atoms with E-state index >= 15 is 0 Å². The van der Waals surface area contributed by atoms with Crippen LogP contribution in [0.1, 0.15) is 28.8 Å². The average Bonchev–Trinajstić information content (AvgIpc) is 2.46. The topological polar surface area (TPSA) is 50.4 Å². The van der Waals surface area contributed by atoms with E-state index in [0.717, 1.165) is 38.0 Å². The summed E-state index contributed by atoms with van der Waals surface area (Å²) in [5.41, 5.74) is 1.68. The maximum atomic E-state index is 12.2. The molecule has 104 valence electrons. The van der Waals surface area contributed by atoms with Crippen LogP contribution in [0.2, 0.25) is 0 Å². The van der Waals surface area contributed by atoms with Gasteiger partial charge in [-0.05, 0) is 50.9 Å². The zero-order valence-electron chi connectivity index (χ0n) is 11.7. The van der Waals surface area contributed by atoms with Crippen molar-refractivity contribution in [3.05, 3.63) is 29.3 Å². The van der Waals surface area contributed by atoms with Crippen LogP contribution in [-0.4, -0.2) is 32.7 Å². The van der Waals surface area contributed by atoms with E-state index in [2.05, 4.69) is 10.6 Å². The number of aryl methyl sites for hydroxylation is 1. The van der Waals surface area contributed by atoms with E-state index in [4.69, 9.17) is 4.74 Å². The number of rotatable bonds is 4. The molecule has 1 amide bonds. The maximum absolute atomic E-state index is 12.2. The second kappa shape index (κ2) is 6.57. The van der Waals surface area contributed by atoms with Gasteiger partial charge in [-0.25, -0.2) is 0 Å². The van der Waals surface area contributed by atoms with Gasteiger partial charge in [-0.1, -0.05) is 11.6 Å². The number of benzene rings is 1. The van der Waals surface area contributed by atoms with Crippen molar-refractivity contribution in [1.29, 1.82) is 0 Å². The van der Waals surface area contributed by atoms with Crippen LogP contribution < -0.4 is 15.4 Å². The van der Waals surface area contributed by atoms with E-state index in [1.54, 1.807) is 7.11 Å². The molecule has 0 atom stereocenters. The lowest BCUT2D eigenvalue weighted by Gasteiger charge is -2.22. The van der Waals surface area contributed by atoms with E-state index in [1.165, 1.54) is 0 Å². The van der Waals surface area contributed by atoms with Gasteiger partial charge in [-0.2, -0.15) is 0 Å². The highest BCUT2D eigenvalue weighted by atomic mass is 16.5. The van der Waals surface area contributed by atoms with Gasteiger partial charge >= 0.3 is 0 Å². The Kier molecular flexibility index (Phi) is 4.80. The zero-order valence-corrected chi connectivity index (χ0v) is 11.7. The summed E-state index contributed by atoms with van der Waals surface area (Å²) in [4.78, 5) is 12.2. The van der Waals surface area contributed by atoms with Gasteiger partial charge in [0.1, 0.15) is 5.75 Å². The third kappa shape index (κ3) is 3.70. The summed E-state index contributed by atoms with van der Waals surface area (Å²) in [6.45, 7) is 4.82. The molecule has 0 radical (unpaired) electrons. The van der Waals surface area contributed by atoms with Crippen molar-refractivity contribution in [3.8, 4) is 5.75 Å². The molecule has 0 aliphatic carbocycles. The Morgan fingerprint density at radius 1 is 1.42 bits per heavy atom. The highest BCUT2D eigenvalue weighted by molar-refractivity contribution is 5.97. The Labute approximate surface area is 114 Å². The highest BCUT2D eigenvalue weighted by Gasteiger charge is 2.16. The van der Waals surface area contributed by atoms with Crippen molar-refractivity contribution >= 4 is 5.91 Å². The quantitative estimate of drug-likeness (QED) is 0.869. The number of methoxy groups -OCH3 is 1. The third-order valence-corrected chi connectivity index (χ3v) is 3.61. The Morgan fingerprint density at radius 2 is 2.16 bits per heavy atom. The summed E-state index contributed by atoms with van der Waals surface area (Å²) in [5, 5.41) is 6.35. The van der Waals surface area contributed by atoms with Gasteiger partial charge in [0.25, 0.3) is 5.91 Å². The van der Waals surface area contributed by atoms with Gasteiger partial charge in [-0.15, -0.1) is 0 Å². The molecule has 0 aromatic heterocycles. The minimum absolute atomic E-state index is 0.0425. The largest absolute Gasteiger partial charge is 0.496 e. The summed E-state index contributed by atoms with van der Waals surface area (Å²) in [7, 11) is 1.59. The minimum atomic E-state index is -0.0425. The monoisotopic (exact) mass is 262 g/mol. The molecule has 1 aliphatic heterocycles. The first kappa shape index (κ1) is 13.9. The number of amides is 1. The first-order valence-electron chi connectivity index (χ1n) is 6.84. The number of piperidine rings is 1.